The molecule has 2 aromatic carbocycles. The van der Waals surface area contributed by atoms with Crippen LogP contribution in [0.2, 0.25) is 0 Å². The van der Waals surface area contributed by atoms with Gasteiger partial charge in [0, 0.05) is 7.05 Å². The quantitative estimate of drug-likeness (QED) is 0.474. The van der Waals surface area contributed by atoms with Crippen molar-refractivity contribution < 1.29 is 9.50 Å². The van der Waals surface area contributed by atoms with Gasteiger partial charge in [-0.15, -0.1) is 0 Å². The molecule has 7 heteroatoms. The summed E-state index contributed by atoms with van der Waals surface area (Å²) in [6, 6.07) is 13.6. The number of halogens is 1. The number of aromatic nitrogens is 2. The number of nitriles is 1. The Kier molecular flexibility index (Phi) is 6.83. The monoisotopic (exact) mass is 407 g/mol. The average Bonchev–Trinajstić information content (AvgIpc) is 3.17. The van der Waals surface area contributed by atoms with Crippen molar-refractivity contribution in [2.75, 3.05) is 13.1 Å². The van der Waals surface area contributed by atoms with Crippen molar-refractivity contribution in [2.45, 2.75) is 24.8 Å². The standard InChI is InChI=1S/C23H26FN5O/c1-29-16-28-15-22(29)23(26,19-7-6-18(14-25)21(24)13-19)9-3-10-27-11-8-17-4-2-5-20(30)12-17/h2,4-7,12-13,15-16,27,30H,3,8-11,26H2,1H3. The highest BCUT2D eigenvalue weighted by Gasteiger charge is 2.32. The molecule has 0 aliphatic rings. The van der Waals surface area contributed by atoms with Gasteiger partial charge in [-0.1, -0.05) is 18.2 Å². The fraction of sp³-hybridized carbons (Fsp3) is 0.304. The number of aromatic hydroxyl groups is 1. The first kappa shape index (κ1) is 21.5. The molecule has 3 rings (SSSR count). The topological polar surface area (TPSA) is 99.9 Å². The van der Waals surface area contributed by atoms with Gasteiger partial charge in [0.25, 0.3) is 0 Å². The Morgan fingerprint density at radius 3 is 2.77 bits per heavy atom. The van der Waals surface area contributed by atoms with Crippen LogP contribution in [0.5, 0.6) is 5.75 Å². The smallest absolute Gasteiger partial charge is 0.141 e. The highest BCUT2D eigenvalue weighted by Crippen LogP contribution is 2.32. The lowest BCUT2D eigenvalue weighted by atomic mass is 9.83. The highest BCUT2D eigenvalue weighted by molar-refractivity contribution is 5.40. The lowest BCUT2D eigenvalue weighted by Crippen LogP contribution is -2.40. The Morgan fingerprint density at radius 2 is 2.10 bits per heavy atom. The predicted molar refractivity (Wildman–Crippen MR) is 113 cm³/mol. The largest absolute Gasteiger partial charge is 0.508 e. The van der Waals surface area contributed by atoms with Crippen LogP contribution in [0, 0.1) is 17.1 Å². The normalized spacial score (nSPS) is 13.0. The van der Waals surface area contributed by atoms with E-state index < -0.39 is 11.4 Å². The number of nitrogens with two attached hydrogens (primary N) is 1. The van der Waals surface area contributed by atoms with Crippen LogP contribution in [0.4, 0.5) is 4.39 Å². The number of imidazole rings is 1. The molecule has 3 aromatic rings. The number of nitrogens with zero attached hydrogens (tertiary/aromatic N) is 3. The molecule has 1 heterocycles. The Hall–Kier alpha value is -3.21. The summed E-state index contributed by atoms with van der Waals surface area (Å²) in [7, 11) is 1.86. The summed E-state index contributed by atoms with van der Waals surface area (Å²) in [6.07, 6.45) is 5.53. The lowest BCUT2D eigenvalue weighted by Gasteiger charge is -2.31. The molecule has 0 radical (unpaired) electrons. The molecule has 0 aliphatic heterocycles. The molecule has 1 atom stereocenters. The Morgan fingerprint density at radius 1 is 1.27 bits per heavy atom. The van der Waals surface area contributed by atoms with Gasteiger partial charge in [0.15, 0.2) is 0 Å². The van der Waals surface area contributed by atoms with Crippen molar-refractivity contribution in [2.24, 2.45) is 12.8 Å². The third-order valence-electron chi connectivity index (χ3n) is 5.30. The van der Waals surface area contributed by atoms with Crippen molar-refractivity contribution in [1.29, 1.82) is 5.26 Å². The van der Waals surface area contributed by atoms with E-state index in [-0.39, 0.29) is 11.3 Å². The minimum Gasteiger partial charge on any atom is -0.508 e. The van der Waals surface area contributed by atoms with Crippen LogP contribution in [0.25, 0.3) is 0 Å². The summed E-state index contributed by atoms with van der Waals surface area (Å²) in [6.45, 7) is 1.52. The van der Waals surface area contributed by atoms with E-state index >= 15 is 0 Å². The maximum absolute atomic E-state index is 14.3. The van der Waals surface area contributed by atoms with Crippen LogP contribution in [-0.4, -0.2) is 27.7 Å². The fourth-order valence-corrected chi connectivity index (χ4v) is 3.65. The van der Waals surface area contributed by atoms with Crippen LogP contribution < -0.4 is 11.1 Å². The molecule has 0 amide bonds. The fourth-order valence-electron chi connectivity index (χ4n) is 3.65. The molecule has 0 saturated heterocycles. The molecule has 4 N–H and O–H groups in total. The highest BCUT2D eigenvalue weighted by atomic mass is 19.1. The number of phenolic OH excluding ortho intramolecular Hbond substituents is 1. The van der Waals surface area contributed by atoms with Crippen LogP contribution in [0.3, 0.4) is 0 Å². The van der Waals surface area contributed by atoms with E-state index in [0.29, 0.717) is 12.0 Å². The minimum atomic E-state index is -0.924. The van der Waals surface area contributed by atoms with Crippen molar-refractivity contribution in [3.8, 4) is 11.8 Å². The number of benzene rings is 2. The molecule has 0 bridgehead atoms. The van der Waals surface area contributed by atoms with Crippen molar-refractivity contribution in [1.82, 2.24) is 14.9 Å². The maximum atomic E-state index is 14.3. The van der Waals surface area contributed by atoms with Gasteiger partial charge < -0.3 is 20.7 Å². The predicted octanol–water partition coefficient (Wildman–Crippen LogP) is 2.95. The van der Waals surface area contributed by atoms with Gasteiger partial charge in [0.1, 0.15) is 17.6 Å². The van der Waals surface area contributed by atoms with Gasteiger partial charge in [0.05, 0.1) is 29.3 Å². The second kappa shape index (κ2) is 9.53. The lowest BCUT2D eigenvalue weighted by molar-refractivity contribution is 0.435. The average molecular weight is 407 g/mol. The number of hydrogen-bond donors (Lipinski definition) is 3. The van der Waals surface area contributed by atoms with E-state index in [2.05, 4.69) is 10.3 Å². The van der Waals surface area contributed by atoms with Crippen LogP contribution >= 0.6 is 0 Å². The van der Waals surface area contributed by atoms with E-state index in [1.807, 2.05) is 29.8 Å². The Bertz CT molecular complexity index is 1040. The number of aryl methyl sites for hydroxylation is 1. The van der Waals surface area contributed by atoms with Gasteiger partial charge >= 0.3 is 0 Å². The molecular formula is C23H26FN5O. The van der Waals surface area contributed by atoms with E-state index in [0.717, 1.165) is 37.2 Å². The molecule has 1 aromatic heterocycles. The van der Waals surface area contributed by atoms with E-state index in [1.165, 1.54) is 12.1 Å². The van der Waals surface area contributed by atoms with E-state index in [4.69, 9.17) is 11.0 Å². The molecular weight excluding hydrogens is 381 g/mol. The summed E-state index contributed by atoms with van der Waals surface area (Å²) in [4.78, 5) is 4.17. The molecule has 0 saturated carbocycles. The first-order valence-electron chi connectivity index (χ1n) is 9.88. The van der Waals surface area contributed by atoms with Crippen molar-refractivity contribution in [3.63, 3.8) is 0 Å². The Balaban J connectivity index is 1.65. The molecule has 1 unspecified atom stereocenters. The molecule has 0 fully saturated rings. The summed E-state index contributed by atoms with van der Waals surface area (Å²) in [5.74, 6) is -0.303. The van der Waals surface area contributed by atoms with Crippen LogP contribution in [0.15, 0.2) is 55.0 Å². The van der Waals surface area contributed by atoms with Gasteiger partial charge in [-0.2, -0.15) is 5.26 Å². The number of hydrogen-bond acceptors (Lipinski definition) is 5. The van der Waals surface area contributed by atoms with Crippen molar-refractivity contribution in [3.05, 3.63) is 83.2 Å². The third-order valence-corrected chi connectivity index (χ3v) is 5.30. The number of nitrogens with one attached hydrogen (secondary N) is 1. The van der Waals surface area contributed by atoms with Gasteiger partial charge in [-0.05, 0) is 67.7 Å². The van der Waals surface area contributed by atoms with Gasteiger partial charge in [-0.25, -0.2) is 9.37 Å². The van der Waals surface area contributed by atoms with Gasteiger partial charge in [0.2, 0.25) is 0 Å². The van der Waals surface area contributed by atoms with Crippen LogP contribution in [0.1, 0.15) is 35.2 Å². The van der Waals surface area contributed by atoms with E-state index in [9.17, 15) is 9.50 Å². The molecule has 6 nitrogen and oxygen atoms in total. The SMILES string of the molecule is Cn1cncc1C(N)(CCCNCCc1cccc(O)c1)c1ccc(C#N)c(F)c1. The summed E-state index contributed by atoms with van der Waals surface area (Å²) < 4.78 is 16.1. The minimum absolute atomic E-state index is 0.000258. The molecule has 0 spiro atoms. The zero-order valence-electron chi connectivity index (χ0n) is 17.0. The van der Waals surface area contributed by atoms with Crippen LogP contribution in [-0.2, 0) is 19.0 Å². The summed E-state index contributed by atoms with van der Waals surface area (Å²) >= 11 is 0. The maximum Gasteiger partial charge on any atom is 0.141 e. The second-order valence-corrected chi connectivity index (χ2v) is 7.44. The third kappa shape index (κ3) is 4.85. The summed E-state index contributed by atoms with van der Waals surface area (Å²) in [5.41, 5.74) is 8.34. The first-order chi connectivity index (χ1) is 14.4. The summed E-state index contributed by atoms with van der Waals surface area (Å²) in [5, 5.41) is 21.9. The molecule has 156 valence electrons. The van der Waals surface area contributed by atoms with E-state index in [1.54, 1.807) is 30.7 Å². The van der Waals surface area contributed by atoms with Crippen molar-refractivity contribution >= 4 is 0 Å². The number of rotatable bonds is 9. The molecule has 0 aliphatic carbocycles. The zero-order chi connectivity index (χ0) is 21.6. The first-order valence-corrected chi connectivity index (χ1v) is 9.88. The zero-order valence-corrected chi connectivity index (χ0v) is 17.0. The molecule has 30 heavy (non-hydrogen) atoms. The Labute approximate surface area is 175 Å². The second-order valence-electron chi connectivity index (χ2n) is 7.44. The number of phenols is 1. The van der Waals surface area contributed by atoms with Gasteiger partial charge in [-0.3, -0.25) is 0 Å².